The molecule has 0 aromatic carbocycles. The first-order valence-corrected chi connectivity index (χ1v) is 10.7. The van der Waals surface area contributed by atoms with Crippen molar-refractivity contribution in [2.75, 3.05) is 26.2 Å². The summed E-state index contributed by atoms with van der Waals surface area (Å²) in [5.41, 5.74) is 3.77. The Hall–Kier alpha value is -2.52. The van der Waals surface area contributed by atoms with Crippen LogP contribution >= 0.6 is 0 Å². The first kappa shape index (κ1) is 20.7. The number of nitrogens with zero attached hydrogens (tertiary/aromatic N) is 6. The molecular formula is C21H31N7O2. The van der Waals surface area contributed by atoms with Gasteiger partial charge in [-0.1, -0.05) is 11.3 Å². The third-order valence-electron chi connectivity index (χ3n) is 6.08. The molecule has 9 nitrogen and oxygen atoms in total. The van der Waals surface area contributed by atoms with Crippen LogP contribution in [0.25, 0.3) is 0 Å². The number of carbonyl (C=O) groups is 1. The van der Waals surface area contributed by atoms with E-state index in [-0.39, 0.29) is 11.6 Å². The standard InChI is InChI=1S/C21H31N7O2/c1-4-27(5-2)20(29)23-11-18-19-13-30-21(15-28(19)25-24-18)8-9-26(14-21)12-17-7-6-16(3)10-22-17/h6-7,10H,4-5,8-9,11-15H2,1-3H3,(H,23,29). The molecule has 1 atom stereocenters. The van der Waals surface area contributed by atoms with Crippen molar-refractivity contribution in [3.05, 3.63) is 41.0 Å². The molecule has 2 aromatic heterocycles. The highest BCUT2D eigenvalue weighted by molar-refractivity contribution is 5.74. The molecule has 4 heterocycles. The van der Waals surface area contributed by atoms with Gasteiger partial charge in [-0.2, -0.15) is 0 Å². The maximum atomic E-state index is 12.2. The Morgan fingerprint density at radius 2 is 2.13 bits per heavy atom. The van der Waals surface area contributed by atoms with Crippen molar-refractivity contribution >= 4 is 6.03 Å². The van der Waals surface area contributed by atoms with Gasteiger partial charge in [-0.25, -0.2) is 9.48 Å². The van der Waals surface area contributed by atoms with Gasteiger partial charge in [0.1, 0.15) is 11.3 Å². The van der Waals surface area contributed by atoms with Gasteiger partial charge in [-0.15, -0.1) is 5.10 Å². The normalized spacial score (nSPS) is 21.0. The molecule has 1 N–H and O–H groups in total. The second-order valence-corrected chi connectivity index (χ2v) is 8.23. The number of fused-ring (bicyclic) bond motifs is 1. The summed E-state index contributed by atoms with van der Waals surface area (Å²) in [4.78, 5) is 20.9. The van der Waals surface area contributed by atoms with E-state index in [1.165, 1.54) is 5.56 Å². The molecule has 0 aliphatic carbocycles. The average molecular weight is 414 g/mol. The summed E-state index contributed by atoms with van der Waals surface area (Å²) in [6.07, 6.45) is 2.88. The third-order valence-corrected chi connectivity index (χ3v) is 6.08. The van der Waals surface area contributed by atoms with Crippen LogP contribution in [0.5, 0.6) is 0 Å². The smallest absolute Gasteiger partial charge is 0.317 e. The topological polar surface area (TPSA) is 88.4 Å². The number of aryl methyl sites for hydroxylation is 1. The molecule has 0 radical (unpaired) electrons. The Bertz CT molecular complexity index is 878. The summed E-state index contributed by atoms with van der Waals surface area (Å²) in [6, 6.07) is 4.12. The van der Waals surface area contributed by atoms with E-state index < -0.39 is 0 Å². The summed E-state index contributed by atoms with van der Waals surface area (Å²) in [5.74, 6) is 0. The highest BCUT2D eigenvalue weighted by Gasteiger charge is 2.43. The Kier molecular flexibility index (Phi) is 6.01. The lowest BCUT2D eigenvalue weighted by molar-refractivity contribution is -0.0845. The zero-order chi connectivity index (χ0) is 21.1. The number of hydrogen-bond donors (Lipinski definition) is 1. The number of pyridine rings is 1. The van der Waals surface area contributed by atoms with E-state index in [0.29, 0.717) is 32.8 Å². The largest absolute Gasteiger partial charge is 0.365 e. The zero-order valence-corrected chi connectivity index (χ0v) is 18.1. The fourth-order valence-electron chi connectivity index (χ4n) is 4.24. The van der Waals surface area contributed by atoms with Crippen LogP contribution < -0.4 is 5.32 Å². The van der Waals surface area contributed by atoms with Crippen molar-refractivity contribution in [1.29, 1.82) is 0 Å². The fraction of sp³-hybridized carbons (Fsp3) is 0.619. The molecule has 1 fully saturated rings. The monoisotopic (exact) mass is 413 g/mol. The van der Waals surface area contributed by atoms with Gasteiger partial charge in [0, 0.05) is 38.9 Å². The molecular weight excluding hydrogens is 382 g/mol. The quantitative estimate of drug-likeness (QED) is 0.776. The van der Waals surface area contributed by atoms with E-state index in [2.05, 4.69) is 44.6 Å². The first-order valence-electron chi connectivity index (χ1n) is 10.7. The Labute approximate surface area is 177 Å². The molecule has 9 heteroatoms. The van der Waals surface area contributed by atoms with Gasteiger partial charge in [0.25, 0.3) is 0 Å². The van der Waals surface area contributed by atoms with Crippen molar-refractivity contribution < 1.29 is 9.53 Å². The van der Waals surface area contributed by atoms with Crippen LogP contribution in [0, 0.1) is 6.92 Å². The van der Waals surface area contributed by atoms with Gasteiger partial charge in [0.2, 0.25) is 0 Å². The minimum absolute atomic E-state index is 0.0777. The van der Waals surface area contributed by atoms with Gasteiger partial charge in [0.05, 0.1) is 31.1 Å². The minimum Gasteiger partial charge on any atom is -0.365 e. The number of carbonyl (C=O) groups excluding carboxylic acids is 1. The van der Waals surface area contributed by atoms with Crippen LogP contribution in [0.1, 0.15) is 42.9 Å². The van der Waals surface area contributed by atoms with Crippen LogP contribution in [0.4, 0.5) is 4.79 Å². The molecule has 0 saturated carbocycles. The van der Waals surface area contributed by atoms with Crippen molar-refractivity contribution in [3.63, 3.8) is 0 Å². The zero-order valence-electron chi connectivity index (χ0n) is 18.1. The van der Waals surface area contributed by atoms with E-state index in [9.17, 15) is 4.79 Å². The Morgan fingerprint density at radius 1 is 1.30 bits per heavy atom. The van der Waals surface area contributed by atoms with Crippen LogP contribution in [-0.2, 0) is 31.0 Å². The molecule has 4 rings (SSSR count). The van der Waals surface area contributed by atoms with E-state index in [0.717, 1.165) is 43.1 Å². The summed E-state index contributed by atoms with van der Waals surface area (Å²) < 4.78 is 8.30. The number of rotatable bonds is 6. The van der Waals surface area contributed by atoms with Crippen LogP contribution in [0.15, 0.2) is 18.3 Å². The molecule has 1 unspecified atom stereocenters. The van der Waals surface area contributed by atoms with Gasteiger partial charge >= 0.3 is 6.03 Å². The molecule has 1 spiro atoms. The predicted molar refractivity (Wildman–Crippen MR) is 112 cm³/mol. The number of amides is 2. The molecule has 2 aromatic rings. The van der Waals surface area contributed by atoms with Crippen LogP contribution in [0.3, 0.4) is 0 Å². The number of ether oxygens (including phenoxy) is 1. The van der Waals surface area contributed by atoms with Crippen molar-refractivity contribution in [3.8, 4) is 0 Å². The number of hydrogen-bond acceptors (Lipinski definition) is 6. The maximum absolute atomic E-state index is 12.2. The average Bonchev–Trinajstić information content (AvgIpc) is 3.32. The molecule has 1 saturated heterocycles. The van der Waals surface area contributed by atoms with Crippen LogP contribution in [-0.4, -0.2) is 67.6 Å². The number of urea groups is 1. The summed E-state index contributed by atoms with van der Waals surface area (Å²) in [7, 11) is 0. The minimum atomic E-state index is -0.229. The molecule has 30 heavy (non-hydrogen) atoms. The van der Waals surface area contributed by atoms with Gasteiger partial charge < -0.3 is 15.0 Å². The maximum Gasteiger partial charge on any atom is 0.317 e. The van der Waals surface area contributed by atoms with Gasteiger partial charge in [-0.05, 0) is 38.8 Å². The van der Waals surface area contributed by atoms with Gasteiger partial charge in [-0.3, -0.25) is 9.88 Å². The third kappa shape index (κ3) is 4.32. The second-order valence-electron chi connectivity index (χ2n) is 8.23. The summed E-state index contributed by atoms with van der Waals surface area (Å²) in [5, 5.41) is 11.6. The number of nitrogens with one attached hydrogen (secondary N) is 1. The van der Waals surface area contributed by atoms with Crippen molar-refractivity contribution in [2.24, 2.45) is 0 Å². The lowest BCUT2D eigenvalue weighted by atomic mass is 10.0. The molecule has 0 bridgehead atoms. The van der Waals surface area contributed by atoms with E-state index in [1.807, 2.05) is 24.7 Å². The molecule has 2 aliphatic rings. The fourth-order valence-corrected chi connectivity index (χ4v) is 4.24. The summed E-state index contributed by atoms with van der Waals surface area (Å²) in [6.45, 7) is 11.6. The number of likely N-dealkylation sites (tertiary alicyclic amines) is 1. The van der Waals surface area contributed by atoms with Crippen LogP contribution in [0.2, 0.25) is 0 Å². The Balaban J connectivity index is 1.35. The highest BCUT2D eigenvalue weighted by atomic mass is 16.5. The lowest BCUT2D eigenvalue weighted by Crippen LogP contribution is -2.44. The van der Waals surface area contributed by atoms with E-state index in [1.54, 1.807) is 4.90 Å². The predicted octanol–water partition coefficient (Wildman–Crippen LogP) is 1.71. The highest BCUT2D eigenvalue weighted by Crippen LogP contribution is 2.33. The SMILES string of the molecule is CCN(CC)C(=O)NCc1nnn2c1COC1(CCN(Cc3ccc(C)cn3)C1)C2. The molecule has 162 valence electrons. The number of aromatic nitrogens is 4. The summed E-state index contributed by atoms with van der Waals surface area (Å²) >= 11 is 0. The molecule has 2 aliphatic heterocycles. The Morgan fingerprint density at radius 3 is 2.87 bits per heavy atom. The second kappa shape index (κ2) is 8.69. The van der Waals surface area contributed by atoms with E-state index >= 15 is 0 Å². The van der Waals surface area contributed by atoms with Crippen molar-refractivity contribution in [1.82, 2.24) is 35.1 Å². The molecule has 2 amide bonds. The van der Waals surface area contributed by atoms with Crippen molar-refractivity contribution in [2.45, 2.75) is 59.0 Å². The first-order chi connectivity index (χ1) is 14.5. The van der Waals surface area contributed by atoms with E-state index in [4.69, 9.17) is 4.74 Å². The van der Waals surface area contributed by atoms with Gasteiger partial charge in [0.15, 0.2) is 0 Å². The lowest BCUT2D eigenvalue weighted by Gasteiger charge is -2.34.